The second kappa shape index (κ2) is 8.83. The van der Waals surface area contributed by atoms with Crippen molar-refractivity contribution in [1.82, 2.24) is 0 Å². The number of nitrogens with one attached hydrogen (secondary N) is 1. The van der Waals surface area contributed by atoms with Crippen LogP contribution in [0.4, 0.5) is 11.4 Å². The predicted molar refractivity (Wildman–Crippen MR) is 114 cm³/mol. The van der Waals surface area contributed by atoms with E-state index in [9.17, 15) is 18.3 Å². The molecular weight excluding hydrogens is 408 g/mol. The standard InChI is InChI=1S/C21H26N2O6S/c1-14-8-10-23(11-9-14)18-6-4-15(12-17(18)21(24)25)22-30(26,27)16-5-7-19(28-2)20(13-16)29-3/h4-7,12-14,22H,8-11H2,1-3H3,(H,24,25). The van der Waals surface area contributed by atoms with Gasteiger partial charge in [-0.25, -0.2) is 13.2 Å². The van der Waals surface area contributed by atoms with Crippen molar-refractivity contribution in [2.75, 3.05) is 36.9 Å². The smallest absolute Gasteiger partial charge is 0.337 e. The van der Waals surface area contributed by atoms with Crippen molar-refractivity contribution in [2.24, 2.45) is 5.92 Å². The largest absolute Gasteiger partial charge is 0.493 e. The minimum atomic E-state index is -3.95. The number of nitrogens with zero attached hydrogens (tertiary/aromatic N) is 1. The van der Waals surface area contributed by atoms with E-state index in [1.54, 1.807) is 12.1 Å². The van der Waals surface area contributed by atoms with Crippen LogP contribution >= 0.6 is 0 Å². The van der Waals surface area contributed by atoms with E-state index in [0.717, 1.165) is 25.9 Å². The maximum Gasteiger partial charge on any atom is 0.337 e. The Labute approximate surface area is 176 Å². The van der Waals surface area contributed by atoms with E-state index in [4.69, 9.17) is 9.47 Å². The van der Waals surface area contributed by atoms with Gasteiger partial charge in [0.15, 0.2) is 11.5 Å². The number of sulfonamides is 1. The van der Waals surface area contributed by atoms with Crippen LogP contribution in [0.2, 0.25) is 0 Å². The van der Waals surface area contributed by atoms with Crippen LogP contribution in [0.15, 0.2) is 41.3 Å². The first-order chi connectivity index (χ1) is 14.2. The Morgan fingerprint density at radius 2 is 1.73 bits per heavy atom. The molecule has 2 aromatic rings. The fourth-order valence-corrected chi connectivity index (χ4v) is 4.56. The maximum atomic E-state index is 12.8. The molecule has 0 radical (unpaired) electrons. The van der Waals surface area contributed by atoms with Gasteiger partial charge in [0, 0.05) is 24.8 Å². The van der Waals surface area contributed by atoms with Crippen LogP contribution in [0.25, 0.3) is 0 Å². The maximum absolute atomic E-state index is 12.8. The summed E-state index contributed by atoms with van der Waals surface area (Å²) < 4.78 is 38.4. The van der Waals surface area contributed by atoms with Gasteiger partial charge in [-0.05, 0) is 49.1 Å². The summed E-state index contributed by atoms with van der Waals surface area (Å²) in [4.78, 5) is 13.9. The number of carbonyl (C=O) groups is 1. The molecule has 0 aromatic heterocycles. The lowest BCUT2D eigenvalue weighted by Crippen LogP contribution is -2.33. The Bertz CT molecular complexity index is 1030. The van der Waals surface area contributed by atoms with Gasteiger partial charge in [0.2, 0.25) is 0 Å². The molecular formula is C21H26N2O6S. The zero-order valence-electron chi connectivity index (χ0n) is 17.2. The average molecular weight is 435 g/mol. The highest BCUT2D eigenvalue weighted by Crippen LogP contribution is 2.32. The van der Waals surface area contributed by atoms with Crippen LogP contribution in [-0.2, 0) is 10.0 Å². The third-order valence-corrected chi connectivity index (χ3v) is 6.65. The highest BCUT2D eigenvalue weighted by atomic mass is 32.2. The minimum Gasteiger partial charge on any atom is -0.493 e. The first-order valence-electron chi connectivity index (χ1n) is 9.62. The number of ether oxygens (including phenoxy) is 2. The molecule has 0 atom stereocenters. The first-order valence-corrected chi connectivity index (χ1v) is 11.1. The second-order valence-electron chi connectivity index (χ2n) is 7.33. The van der Waals surface area contributed by atoms with Crippen molar-refractivity contribution in [3.05, 3.63) is 42.0 Å². The normalized spacial score (nSPS) is 15.0. The van der Waals surface area contributed by atoms with Crippen molar-refractivity contribution < 1.29 is 27.8 Å². The monoisotopic (exact) mass is 434 g/mol. The molecule has 1 saturated heterocycles. The van der Waals surface area contributed by atoms with Crippen LogP contribution in [0, 0.1) is 5.92 Å². The lowest BCUT2D eigenvalue weighted by atomic mass is 9.98. The highest BCUT2D eigenvalue weighted by molar-refractivity contribution is 7.92. The van der Waals surface area contributed by atoms with Crippen LogP contribution in [0.1, 0.15) is 30.1 Å². The molecule has 2 N–H and O–H groups in total. The van der Waals surface area contributed by atoms with Gasteiger partial charge in [-0.1, -0.05) is 6.92 Å². The molecule has 30 heavy (non-hydrogen) atoms. The summed E-state index contributed by atoms with van der Waals surface area (Å²) in [6, 6.07) is 8.84. The predicted octanol–water partition coefficient (Wildman–Crippen LogP) is 3.44. The summed E-state index contributed by atoms with van der Waals surface area (Å²) in [6.45, 7) is 3.73. The number of methoxy groups -OCH3 is 2. The van der Waals surface area contributed by atoms with Crippen molar-refractivity contribution in [1.29, 1.82) is 0 Å². The minimum absolute atomic E-state index is 0.0221. The number of anilines is 2. The summed E-state index contributed by atoms with van der Waals surface area (Å²) in [7, 11) is -1.07. The number of aromatic carboxylic acids is 1. The summed E-state index contributed by atoms with van der Waals surface area (Å²) in [5.41, 5.74) is 0.844. The molecule has 1 heterocycles. The van der Waals surface area contributed by atoms with Crippen LogP contribution in [0.5, 0.6) is 11.5 Å². The van der Waals surface area contributed by atoms with Crippen molar-refractivity contribution >= 4 is 27.4 Å². The van der Waals surface area contributed by atoms with E-state index in [1.807, 2.05) is 4.90 Å². The molecule has 1 aliphatic heterocycles. The molecule has 0 amide bonds. The van der Waals surface area contributed by atoms with Gasteiger partial charge in [-0.2, -0.15) is 0 Å². The van der Waals surface area contributed by atoms with Gasteiger partial charge in [0.1, 0.15) is 0 Å². The molecule has 0 bridgehead atoms. The lowest BCUT2D eigenvalue weighted by Gasteiger charge is -2.33. The topological polar surface area (TPSA) is 105 Å². The number of rotatable bonds is 7. The van der Waals surface area contributed by atoms with Gasteiger partial charge in [-0.3, -0.25) is 4.72 Å². The summed E-state index contributed by atoms with van der Waals surface area (Å²) >= 11 is 0. The molecule has 0 aliphatic carbocycles. The fraction of sp³-hybridized carbons (Fsp3) is 0.381. The first kappa shape index (κ1) is 21.8. The van der Waals surface area contributed by atoms with Crippen molar-refractivity contribution in [3.8, 4) is 11.5 Å². The van der Waals surface area contributed by atoms with E-state index < -0.39 is 16.0 Å². The zero-order valence-corrected chi connectivity index (χ0v) is 18.0. The zero-order chi connectivity index (χ0) is 21.9. The third kappa shape index (κ3) is 4.62. The van der Waals surface area contributed by atoms with Gasteiger partial charge >= 0.3 is 5.97 Å². The molecule has 0 spiro atoms. The van der Waals surface area contributed by atoms with E-state index in [-0.39, 0.29) is 21.9 Å². The van der Waals surface area contributed by atoms with Gasteiger partial charge < -0.3 is 19.5 Å². The SMILES string of the molecule is COc1ccc(S(=O)(=O)Nc2ccc(N3CCC(C)CC3)c(C(=O)O)c2)cc1OC. The molecule has 2 aromatic carbocycles. The molecule has 3 rings (SSSR count). The molecule has 162 valence electrons. The Morgan fingerprint density at radius 1 is 1.07 bits per heavy atom. The van der Waals surface area contributed by atoms with Crippen LogP contribution in [-0.4, -0.2) is 46.8 Å². The third-order valence-electron chi connectivity index (χ3n) is 5.27. The Hall–Kier alpha value is -2.94. The number of piperidine rings is 1. The fourth-order valence-electron chi connectivity index (χ4n) is 3.49. The van der Waals surface area contributed by atoms with Crippen LogP contribution in [0.3, 0.4) is 0 Å². The quantitative estimate of drug-likeness (QED) is 0.688. The highest BCUT2D eigenvalue weighted by Gasteiger charge is 2.23. The molecule has 1 fully saturated rings. The van der Waals surface area contributed by atoms with Crippen LogP contribution < -0.4 is 19.1 Å². The molecule has 0 unspecified atom stereocenters. The van der Waals surface area contributed by atoms with Gasteiger partial charge in [-0.15, -0.1) is 0 Å². The molecule has 1 aliphatic rings. The molecule has 8 nitrogen and oxygen atoms in total. The number of carboxylic acid groups (broad SMARTS) is 1. The number of hydrogen-bond acceptors (Lipinski definition) is 6. The van der Waals surface area contributed by atoms with Crippen molar-refractivity contribution in [2.45, 2.75) is 24.7 Å². The van der Waals surface area contributed by atoms with Gasteiger partial charge in [0.05, 0.1) is 30.4 Å². The Kier molecular flexibility index (Phi) is 6.40. The number of benzene rings is 2. The lowest BCUT2D eigenvalue weighted by molar-refractivity contribution is 0.0697. The Morgan fingerprint density at radius 3 is 2.33 bits per heavy atom. The molecule has 0 saturated carbocycles. The average Bonchev–Trinajstić information content (AvgIpc) is 2.73. The number of carboxylic acids is 1. The summed E-state index contributed by atoms with van der Waals surface area (Å²) in [5.74, 6) is 0.198. The second-order valence-corrected chi connectivity index (χ2v) is 9.01. The van der Waals surface area contributed by atoms with Crippen molar-refractivity contribution in [3.63, 3.8) is 0 Å². The van der Waals surface area contributed by atoms with E-state index in [1.165, 1.54) is 38.5 Å². The summed E-state index contributed by atoms with van der Waals surface area (Å²) in [6.07, 6.45) is 1.99. The molecule has 9 heteroatoms. The Balaban J connectivity index is 1.89. The summed E-state index contributed by atoms with van der Waals surface area (Å²) in [5, 5.41) is 9.68. The van der Waals surface area contributed by atoms with E-state index >= 15 is 0 Å². The van der Waals surface area contributed by atoms with E-state index in [0.29, 0.717) is 17.4 Å². The number of hydrogen-bond donors (Lipinski definition) is 2. The van der Waals surface area contributed by atoms with E-state index in [2.05, 4.69) is 11.6 Å². The van der Waals surface area contributed by atoms with Gasteiger partial charge in [0.25, 0.3) is 10.0 Å².